The van der Waals surface area contributed by atoms with Crippen LogP contribution in [-0.4, -0.2) is 40.8 Å². The highest BCUT2D eigenvalue weighted by molar-refractivity contribution is 5.81. The molecule has 1 atom stereocenters. The Balaban J connectivity index is 2.62. The summed E-state index contributed by atoms with van der Waals surface area (Å²) in [4.78, 5) is 11.7. The molecular weight excluding hydrogens is 211 g/mol. The van der Waals surface area contributed by atoms with E-state index >= 15 is 0 Å². The van der Waals surface area contributed by atoms with Gasteiger partial charge < -0.3 is 10.0 Å². The normalized spacial score (nSPS) is 28.7. The van der Waals surface area contributed by atoms with Gasteiger partial charge in [0.1, 0.15) is 0 Å². The SMILES string of the molecule is CC1(O)CCCN(C(=O)C(F)(F)F)CC1. The Morgan fingerprint density at radius 2 is 1.93 bits per heavy atom. The number of amides is 1. The van der Waals surface area contributed by atoms with Crippen LogP contribution in [0.1, 0.15) is 26.2 Å². The molecule has 1 heterocycles. The molecule has 0 spiro atoms. The molecule has 0 aliphatic carbocycles. The lowest BCUT2D eigenvalue weighted by Crippen LogP contribution is -2.42. The monoisotopic (exact) mass is 225 g/mol. The molecule has 0 saturated carbocycles. The summed E-state index contributed by atoms with van der Waals surface area (Å²) in [5.41, 5.74) is -0.958. The minimum Gasteiger partial charge on any atom is -0.390 e. The number of alkyl halides is 3. The molecule has 1 N–H and O–H groups in total. The summed E-state index contributed by atoms with van der Waals surface area (Å²) < 4.78 is 36.3. The molecule has 1 unspecified atom stereocenters. The summed E-state index contributed by atoms with van der Waals surface area (Å²) in [5, 5.41) is 9.64. The summed E-state index contributed by atoms with van der Waals surface area (Å²) in [7, 11) is 0. The molecule has 1 aliphatic heterocycles. The molecule has 1 amide bonds. The van der Waals surface area contributed by atoms with Crippen molar-refractivity contribution in [2.24, 2.45) is 0 Å². The number of carbonyl (C=O) groups is 1. The van der Waals surface area contributed by atoms with Gasteiger partial charge in [-0.3, -0.25) is 4.79 Å². The number of aliphatic hydroxyl groups is 1. The first-order valence-corrected chi connectivity index (χ1v) is 4.81. The van der Waals surface area contributed by atoms with E-state index in [1.54, 1.807) is 6.92 Å². The maximum absolute atomic E-state index is 12.1. The lowest BCUT2D eigenvalue weighted by molar-refractivity contribution is -0.185. The van der Waals surface area contributed by atoms with Crippen molar-refractivity contribution >= 4 is 5.91 Å². The van der Waals surface area contributed by atoms with E-state index in [2.05, 4.69) is 0 Å². The zero-order valence-electron chi connectivity index (χ0n) is 8.47. The lowest BCUT2D eigenvalue weighted by Gasteiger charge is -2.23. The van der Waals surface area contributed by atoms with Crippen LogP contribution in [-0.2, 0) is 4.79 Å². The van der Waals surface area contributed by atoms with Gasteiger partial charge in [0, 0.05) is 13.1 Å². The Kier molecular flexibility index (Phi) is 3.28. The van der Waals surface area contributed by atoms with Crippen molar-refractivity contribution in [1.82, 2.24) is 4.90 Å². The van der Waals surface area contributed by atoms with Gasteiger partial charge in [0.25, 0.3) is 0 Å². The molecule has 0 bridgehead atoms. The first kappa shape index (κ1) is 12.3. The van der Waals surface area contributed by atoms with E-state index in [0.29, 0.717) is 12.8 Å². The van der Waals surface area contributed by atoms with E-state index in [1.807, 2.05) is 0 Å². The predicted octanol–water partition coefficient (Wildman–Crippen LogP) is 1.31. The summed E-state index contributed by atoms with van der Waals surface area (Å²) in [6, 6.07) is 0. The predicted molar refractivity (Wildman–Crippen MR) is 47.1 cm³/mol. The lowest BCUT2D eigenvalue weighted by atomic mass is 9.98. The van der Waals surface area contributed by atoms with E-state index in [4.69, 9.17) is 0 Å². The number of nitrogens with zero attached hydrogens (tertiary/aromatic N) is 1. The Bertz CT molecular complexity index is 250. The Hall–Kier alpha value is -0.780. The third kappa shape index (κ3) is 3.37. The van der Waals surface area contributed by atoms with Gasteiger partial charge in [0.05, 0.1) is 5.60 Å². The van der Waals surface area contributed by atoms with Gasteiger partial charge >= 0.3 is 12.1 Å². The number of rotatable bonds is 0. The molecule has 6 heteroatoms. The highest BCUT2D eigenvalue weighted by Crippen LogP contribution is 2.25. The summed E-state index contributed by atoms with van der Waals surface area (Å²) in [5.74, 6) is -1.81. The maximum Gasteiger partial charge on any atom is 0.471 e. The quantitative estimate of drug-likeness (QED) is 0.675. The summed E-state index contributed by atoms with van der Waals surface area (Å²) >= 11 is 0. The second-order valence-electron chi connectivity index (χ2n) is 4.14. The van der Waals surface area contributed by atoms with Crippen molar-refractivity contribution in [3.05, 3.63) is 0 Å². The van der Waals surface area contributed by atoms with Crippen LogP contribution >= 0.6 is 0 Å². The van der Waals surface area contributed by atoms with Crippen molar-refractivity contribution in [2.45, 2.75) is 38.0 Å². The highest BCUT2D eigenvalue weighted by Gasteiger charge is 2.43. The van der Waals surface area contributed by atoms with Crippen molar-refractivity contribution in [3.8, 4) is 0 Å². The second kappa shape index (κ2) is 4.00. The van der Waals surface area contributed by atoms with E-state index in [0.717, 1.165) is 4.90 Å². The van der Waals surface area contributed by atoms with Gasteiger partial charge in [-0.2, -0.15) is 13.2 Å². The molecule has 1 aliphatic rings. The fourth-order valence-corrected chi connectivity index (χ4v) is 1.65. The first-order valence-electron chi connectivity index (χ1n) is 4.81. The van der Waals surface area contributed by atoms with Gasteiger partial charge in [-0.05, 0) is 26.2 Å². The average Bonchev–Trinajstić information content (AvgIpc) is 2.23. The van der Waals surface area contributed by atoms with E-state index < -0.39 is 17.7 Å². The summed E-state index contributed by atoms with van der Waals surface area (Å²) in [6.07, 6.45) is -3.80. The van der Waals surface area contributed by atoms with Gasteiger partial charge in [-0.1, -0.05) is 0 Å². The number of hydrogen-bond acceptors (Lipinski definition) is 2. The number of carbonyl (C=O) groups excluding carboxylic acids is 1. The van der Waals surface area contributed by atoms with E-state index in [-0.39, 0.29) is 19.5 Å². The van der Waals surface area contributed by atoms with E-state index in [9.17, 15) is 23.1 Å². The Morgan fingerprint density at radius 3 is 2.47 bits per heavy atom. The van der Waals surface area contributed by atoms with Crippen molar-refractivity contribution in [3.63, 3.8) is 0 Å². The van der Waals surface area contributed by atoms with Gasteiger partial charge in [0.15, 0.2) is 0 Å². The third-order valence-corrected chi connectivity index (χ3v) is 2.59. The van der Waals surface area contributed by atoms with Gasteiger partial charge in [0.2, 0.25) is 0 Å². The zero-order chi connectivity index (χ0) is 11.7. The topological polar surface area (TPSA) is 40.5 Å². The molecule has 1 saturated heterocycles. The standard InChI is InChI=1S/C9H14F3NO2/c1-8(15)3-2-5-13(6-4-8)7(14)9(10,11)12/h15H,2-6H2,1H3. The molecule has 1 fully saturated rings. The van der Waals surface area contributed by atoms with Crippen LogP contribution in [0.25, 0.3) is 0 Å². The van der Waals surface area contributed by atoms with Crippen LogP contribution in [0.15, 0.2) is 0 Å². The van der Waals surface area contributed by atoms with E-state index in [1.165, 1.54) is 0 Å². The second-order valence-corrected chi connectivity index (χ2v) is 4.14. The smallest absolute Gasteiger partial charge is 0.390 e. The minimum atomic E-state index is -4.81. The van der Waals surface area contributed by atoms with Crippen LogP contribution < -0.4 is 0 Å². The van der Waals surface area contributed by atoms with Gasteiger partial charge in [-0.25, -0.2) is 0 Å². The van der Waals surface area contributed by atoms with Crippen molar-refractivity contribution < 1.29 is 23.1 Å². The molecule has 15 heavy (non-hydrogen) atoms. The molecule has 88 valence electrons. The minimum absolute atomic E-state index is 0.0364. The van der Waals surface area contributed by atoms with Crippen molar-refractivity contribution in [1.29, 1.82) is 0 Å². The Morgan fingerprint density at radius 1 is 1.33 bits per heavy atom. The molecule has 1 rings (SSSR count). The molecule has 0 aromatic carbocycles. The molecule has 0 aromatic heterocycles. The van der Waals surface area contributed by atoms with Crippen LogP contribution in [0.2, 0.25) is 0 Å². The number of likely N-dealkylation sites (tertiary alicyclic amines) is 1. The molecule has 3 nitrogen and oxygen atoms in total. The molecule has 0 radical (unpaired) electrons. The summed E-state index contributed by atoms with van der Waals surface area (Å²) in [6.45, 7) is 1.61. The maximum atomic E-state index is 12.1. The fourth-order valence-electron chi connectivity index (χ4n) is 1.65. The number of hydrogen-bond donors (Lipinski definition) is 1. The van der Waals surface area contributed by atoms with Crippen molar-refractivity contribution in [2.75, 3.05) is 13.1 Å². The Labute approximate surface area is 85.9 Å². The zero-order valence-corrected chi connectivity index (χ0v) is 8.47. The largest absolute Gasteiger partial charge is 0.471 e. The fraction of sp³-hybridized carbons (Fsp3) is 0.889. The molecular formula is C9H14F3NO2. The van der Waals surface area contributed by atoms with Crippen LogP contribution in [0, 0.1) is 0 Å². The highest BCUT2D eigenvalue weighted by atomic mass is 19.4. The number of halogens is 3. The van der Waals surface area contributed by atoms with Crippen LogP contribution in [0.4, 0.5) is 13.2 Å². The first-order chi connectivity index (χ1) is 6.72. The third-order valence-electron chi connectivity index (χ3n) is 2.59. The molecule has 0 aromatic rings. The average molecular weight is 225 g/mol. The van der Waals surface area contributed by atoms with Crippen LogP contribution in [0.3, 0.4) is 0 Å². The van der Waals surface area contributed by atoms with Crippen LogP contribution in [0.5, 0.6) is 0 Å². The van der Waals surface area contributed by atoms with Gasteiger partial charge in [-0.15, -0.1) is 0 Å².